The number of phenolic OH excluding ortho intramolecular Hbond substituents is 1. The maximum atomic E-state index is 15.2. The van der Waals surface area contributed by atoms with E-state index in [1.165, 1.54) is 43.5 Å². The minimum absolute atomic E-state index is 0.0610. The van der Waals surface area contributed by atoms with Crippen molar-refractivity contribution in [2.45, 2.75) is 36.5 Å². The van der Waals surface area contributed by atoms with Crippen molar-refractivity contribution in [1.82, 2.24) is 5.01 Å². The zero-order valence-corrected chi connectivity index (χ0v) is 30.6. The molecule has 2 heterocycles. The Labute approximate surface area is 329 Å². The third kappa shape index (κ3) is 5.98. The molecule has 300 valence electrons. The second-order valence-corrected chi connectivity index (χ2v) is 15.0. The van der Waals surface area contributed by atoms with Crippen LogP contribution in [0.25, 0.3) is 0 Å². The van der Waals surface area contributed by atoms with Crippen LogP contribution in [0.4, 0.5) is 42.1 Å². The number of aromatic hydroxyl groups is 1. The number of halogens is 8. The molecule has 0 spiro atoms. The summed E-state index contributed by atoms with van der Waals surface area (Å²) in [6.07, 6.45) is -9.40. The first-order valence-corrected chi connectivity index (χ1v) is 18.1. The van der Waals surface area contributed by atoms with Crippen LogP contribution in [0.2, 0.25) is 5.02 Å². The van der Waals surface area contributed by atoms with E-state index in [4.69, 9.17) is 16.3 Å². The summed E-state index contributed by atoms with van der Waals surface area (Å²) in [5, 5.41) is 12.1. The van der Waals surface area contributed by atoms with Gasteiger partial charge in [0.1, 0.15) is 5.82 Å². The average Bonchev–Trinajstić information content (AvgIpc) is 3.55. The molecule has 0 bridgehead atoms. The van der Waals surface area contributed by atoms with Crippen molar-refractivity contribution in [1.29, 1.82) is 0 Å². The molecule has 9 nitrogen and oxygen atoms in total. The van der Waals surface area contributed by atoms with Gasteiger partial charge in [0.25, 0.3) is 11.8 Å². The van der Waals surface area contributed by atoms with Crippen LogP contribution in [0.1, 0.15) is 41.0 Å². The van der Waals surface area contributed by atoms with Gasteiger partial charge in [-0.05, 0) is 96.6 Å². The molecule has 6 atom stereocenters. The fraction of sp³-hybridized carbons (Fsp3) is 0.268. The first-order valence-electron chi connectivity index (χ1n) is 17.8. The molecule has 1 saturated carbocycles. The van der Waals surface area contributed by atoms with E-state index in [9.17, 15) is 50.2 Å². The number of hydrazine groups is 1. The van der Waals surface area contributed by atoms with Crippen LogP contribution >= 0.6 is 11.6 Å². The monoisotopic (exact) mass is 827 g/mol. The van der Waals surface area contributed by atoms with E-state index >= 15 is 4.79 Å². The van der Waals surface area contributed by atoms with Gasteiger partial charge in [-0.1, -0.05) is 41.4 Å². The molecular formula is C41H29ClF7N3O6. The SMILES string of the molecule is COc1ccc([C@H]2C3=CC[C@@H]4C(=O)N(c5cc(C(F)(F)F)cc(C(F)(F)F)c5)C(=O)[C@@H]4[C@@H]3C[C@H]3C(=O)N(Nc4ccc(F)cc4)C(=O)[C@@]23c2ccc(Cl)cc2)cc1O. The number of benzene rings is 4. The number of alkyl halides is 6. The summed E-state index contributed by atoms with van der Waals surface area (Å²) < 4.78 is 103. The Morgan fingerprint density at radius 1 is 0.810 bits per heavy atom. The highest BCUT2D eigenvalue weighted by Gasteiger charge is 2.70. The summed E-state index contributed by atoms with van der Waals surface area (Å²) in [6.45, 7) is 0. The number of hydrogen-bond acceptors (Lipinski definition) is 7. The largest absolute Gasteiger partial charge is 0.504 e. The van der Waals surface area contributed by atoms with Crippen LogP contribution < -0.4 is 15.1 Å². The van der Waals surface area contributed by atoms with Gasteiger partial charge in [-0.15, -0.1) is 0 Å². The number of hydrogen-bond donors (Lipinski definition) is 2. The van der Waals surface area contributed by atoms with Crippen molar-refractivity contribution in [3.05, 3.63) is 130 Å². The maximum absolute atomic E-state index is 15.2. The summed E-state index contributed by atoms with van der Waals surface area (Å²) in [6, 6.07) is 15.8. The van der Waals surface area contributed by atoms with E-state index in [-0.39, 0.29) is 41.7 Å². The van der Waals surface area contributed by atoms with Crippen molar-refractivity contribution in [2.75, 3.05) is 17.4 Å². The lowest BCUT2D eigenvalue weighted by Crippen LogP contribution is -2.53. The molecule has 3 fully saturated rings. The number of allylic oxidation sites excluding steroid dienone is 2. The molecule has 2 saturated heterocycles. The number of nitrogens with zero attached hydrogens (tertiary/aromatic N) is 2. The summed E-state index contributed by atoms with van der Waals surface area (Å²) in [5.41, 5.74) is -2.29. The molecular weight excluding hydrogens is 799 g/mol. The average molecular weight is 828 g/mol. The Balaban J connectivity index is 1.31. The number of carbonyl (C=O) groups excluding carboxylic acids is 4. The first-order chi connectivity index (χ1) is 27.4. The fourth-order valence-electron chi connectivity index (χ4n) is 9.24. The van der Waals surface area contributed by atoms with Crippen LogP contribution in [-0.4, -0.2) is 40.9 Å². The number of rotatable bonds is 6. The third-order valence-corrected chi connectivity index (χ3v) is 11.9. The smallest absolute Gasteiger partial charge is 0.416 e. The quantitative estimate of drug-likeness (QED) is 0.114. The Morgan fingerprint density at radius 2 is 1.45 bits per heavy atom. The van der Waals surface area contributed by atoms with Gasteiger partial charge >= 0.3 is 12.4 Å². The van der Waals surface area contributed by atoms with E-state index in [2.05, 4.69) is 5.43 Å². The molecule has 0 unspecified atom stereocenters. The minimum atomic E-state index is -5.27. The molecule has 58 heavy (non-hydrogen) atoms. The summed E-state index contributed by atoms with van der Waals surface area (Å²) in [5.74, 6) is -10.7. The number of phenols is 1. The third-order valence-electron chi connectivity index (χ3n) is 11.6. The van der Waals surface area contributed by atoms with Gasteiger partial charge in [-0.2, -0.15) is 31.4 Å². The van der Waals surface area contributed by atoms with Gasteiger partial charge in [-0.25, -0.2) is 9.29 Å². The molecule has 4 aliphatic rings. The first kappa shape index (κ1) is 38.9. The molecule has 4 aromatic rings. The molecule has 17 heteroatoms. The summed E-state index contributed by atoms with van der Waals surface area (Å²) in [4.78, 5) is 58.9. The lowest BCUT2D eigenvalue weighted by molar-refractivity contribution is -0.143. The van der Waals surface area contributed by atoms with Gasteiger partial charge < -0.3 is 9.84 Å². The summed E-state index contributed by atoms with van der Waals surface area (Å²) in [7, 11) is 1.31. The van der Waals surface area contributed by atoms with Crippen molar-refractivity contribution in [2.24, 2.45) is 23.7 Å². The van der Waals surface area contributed by atoms with Crippen molar-refractivity contribution in [3.63, 3.8) is 0 Å². The zero-order valence-electron chi connectivity index (χ0n) is 29.9. The number of carbonyl (C=O) groups is 4. The number of amides is 4. The van der Waals surface area contributed by atoms with E-state index < -0.39 is 93.6 Å². The molecule has 0 aromatic heterocycles. The van der Waals surface area contributed by atoms with Crippen molar-refractivity contribution in [3.8, 4) is 11.5 Å². The number of methoxy groups -OCH3 is 1. The van der Waals surface area contributed by atoms with Gasteiger partial charge in [0.05, 0.1) is 52.8 Å². The van der Waals surface area contributed by atoms with Crippen LogP contribution in [0, 0.1) is 29.5 Å². The second kappa shape index (κ2) is 13.6. The lowest BCUT2D eigenvalue weighted by Gasteiger charge is -2.50. The number of imide groups is 2. The number of fused-ring (bicyclic) bond motifs is 4. The number of anilines is 2. The Hall–Kier alpha value is -5.90. The highest BCUT2D eigenvalue weighted by atomic mass is 35.5. The molecule has 2 aliphatic heterocycles. The van der Waals surface area contributed by atoms with Gasteiger partial charge in [-0.3, -0.25) is 24.6 Å². The van der Waals surface area contributed by atoms with E-state index in [0.29, 0.717) is 33.2 Å². The predicted molar refractivity (Wildman–Crippen MR) is 193 cm³/mol. The van der Waals surface area contributed by atoms with Crippen molar-refractivity contribution < 1.29 is 59.8 Å². The number of ether oxygens (including phenoxy) is 1. The van der Waals surface area contributed by atoms with Crippen molar-refractivity contribution >= 4 is 46.6 Å². The molecule has 2 aliphatic carbocycles. The van der Waals surface area contributed by atoms with E-state index in [0.717, 1.165) is 17.1 Å². The minimum Gasteiger partial charge on any atom is -0.504 e. The summed E-state index contributed by atoms with van der Waals surface area (Å²) >= 11 is 6.28. The lowest BCUT2D eigenvalue weighted by atomic mass is 9.49. The van der Waals surface area contributed by atoms with Crippen LogP contribution in [0.3, 0.4) is 0 Å². The van der Waals surface area contributed by atoms with Crippen LogP contribution in [0.5, 0.6) is 11.5 Å². The van der Waals surface area contributed by atoms with Crippen LogP contribution in [0.15, 0.2) is 96.6 Å². The number of nitrogens with one attached hydrogen (secondary N) is 1. The second-order valence-electron chi connectivity index (χ2n) is 14.6. The zero-order chi connectivity index (χ0) is 41.6. The van der Waals surface area contributed by atoms with E-state index in [1.807, 2.05) is 0 Å². The molecule has 2 N–H and O–H groups in total. The maximum Gasteiger partial charge on any atom is 0.416 e. The Bertz CT molecular complexity index is 2390. The van der Waals surface area contributed by atoms with E-state index in [1.54, 1.807) is 24.3 Å². The standard InChI is InChI=1S/C41H29ClF7N3O6/c1-58-32-13-2-19(14-31(32)53)34-27-11-12-28-33(37(56)51(35(28)54)26-16-21(40(44,45)46)15-22(17-26)41(47,48)49)29(27)18-30-36(55)52(50-25-9-7-24(43)8-10-25)38(57)39(30,34)20-3-5-23(42)6-4-20/h2-11,13-17,28-30,33-34,50,53H,12,18H2,1H3/t28-,29+,30-,33-,34-,39+/m0/s1. The molecule has 4 aromatic carbocycles. The molecule has 4 amide bonds. The Morgan fingerprint density at radius 3 is 2.03 bits per heavy atom. The van der Waals surface area contributed by atoms with Crippen LogP contribution in [-0.2, 0) is 36.9 Å². The fourth-order valence-corrected chi connectivity index (χ4v) is 9.36. The highest BCUT2D eigenvalue weighted by molar-refractivity contribution is 6.30. The normalized spacial score (nSPS) is 25.7. The molecule has 0 radical (unpaired) electrons. The topological polar surface area (TPSA) is 116 Å². The van der Waals surface area contributed by atoms with Gasteiger partial charge in [0.2, 0.25) is 11.8 Å². The van der Waals surface area contributed by atoms with Gasteiger partial charge in [0.15, 0.2) is 11.5 Å². The predicted octanol–water partition coefficient (Wildman–Crippen LogP) is 8.42. The highest BCUT2D eigenvalue weighted by Crippen LogP contribution is 2.64. The Kier molecular flexibility index (Phi) is 9.14. The molecule has 8 rings (SSSR count). The van der Waals surface area contributed by atoms with Gasteiger partial charge in [0, 0.05) is 10.9 Å².